The Kier molecular flexibility index (Phi) is 5.38. The van der Waals surface area contributed by atoms with Crippen LogP contribution in [0.5, 0.6) is 0 Å². The Hall–Kier alpha value is -1.13. The number of allylic oxidation sites excluding steroid dienone is 2. The zero-order valence-electron chi connectivity index (χ0n) is 11.9. The van der Waals surface area contributed by atoms with Crippen molar-refractivity contribution in [2.45, 2.75) is 57.3 Å². The quantitative estimate of drug-likeness (QED) is 0.526. The predicted molar refractivity (Wildman–Crippen MR) is 75.9 cm³/mol. The van der Waals surface area contributed by atoms with Gasteiger partial charge in [0.15, 0.2) is 0 Å². The Balaban J connectivity index is 2.11. The average Bonchev–Trinajstić information content (AvgIpc) is 2.76. The number of esters is 1. The minimum atomic E-state index is -0.717. The highest BCUT2D eigenvalue weighted by Gasteiger charge is 2.35. The van der Waals surface area contributed by atoms with Crippen molar-refractivity contribution in [3.05, 3.63) is 24.3 Å². The summed E-state index contributed by atoms with van der Waals surface area (Å²) in [5.74, 6) is -0.249. The highest BCUT2D eigenvalue weighted by molar-refractivity contribution is 5.82. The van der Waals surface area contributed by atoms with Crippen LogP contribution in [-0.2, 0) is 9.53 Å². The maximum absolute atomic E-state index is 11.6. The van der Waals surface area contributed by atoms with Gasteiger partial charge in [0.1, 0.15) is 0 Å². The molecule has 1 saturated carbocycles. The van der Waals surface area contributed by atoms with E-state index in [0.29, 0.717) is 12.8 Å². The smallest absolute Gasteiger partial charge is 0.330 e. The number of aliphatic hydroxyl groups is 2. The van der Waals surface area contributed by atoms with E-state index in [1.165, 1.54) is 12.2 Å². The van der Waals surface area contributed by atoms with E-state index in [1.807, 2.05) is 6.92 Å². The molecule has 1 heterocycles. The van der Waals surface area contributed by atoms with Gasteiger partial charge in [-0.15, -0.1) is 0 Å². The van der Waals surface area contributed by atoms with E-state index in [4.69, 9.17) is 4.74 Å². The molecule has 1 aliphatic heterocycles. The van der Waals surface area contributed by atoms with E-state index in [2.05, 4.69) is 12.2 Å². The number of aliphatic hydroxyl groups excluding tert-OH is 2. The van der Waals surface area contributed by atoms with Crippen LogP contribution >= 0.6 is 0 Å². The van der Waals surface area contributed by atoms with Gasteiger partial charge in [-0.25, -0.2) is 4.79 Å². The van der Waals surface area contributed by atoms with Gasteiger partial charge in [0.25, 0.3) is 0 Å². The van der Waals surface area contributed by atoms with Crippen LogP contribution in [0.1, 0.15) is 39.0 Å². The number of hydrogen-bond donors (Lipinski definition) is 2. The summed E-state index contributed by atoms with van der Waals surface area (Å²) in [6, 6.07) is 0. The number of cyclic esters (lactones) is 1. The molecule has 1 aliphatic carbocycles. The molecule has 20 heavy (non-hydrogen) atoms. The third-order valence-corrected chi connectivity index (χ3v) is 4.19. The summed E-state index contributed by atoms with van der Waals surface area (Å²) in [6.45, 7) is 1.89. The first-order valence-electron chi connectivity index (χ1n) is 7.48. The van der Waals surface area contributed by atoms with Gasteiger partial charge in [0.2, 0.25) is 0 Å². The number of carbonyl (C=O) groups excluding carboxylic acids is 1. The average molecular weight is 280 g/mol. The van der Waals surface area contributed by atoms with E-state index in [-0.39, 0.29) is 24.0 Å². The molecule has 0 bridgehead atoms. The lowest BCUT2D eigenvalue weighted by Gasteiger charge is -2.19. The molecule has 4 heteroatoms. The molecule has 0 radical (unpaired) electrons. The van der Waals surface area contributed by atoms with Crippen LogP contribution in [0.25, 0.3) is 0 Å². The Labute approximate surface area is 120 Å². The minimum Gasteiger partial charge on any atom is -0.460 e. The van der Waals surface area contributed by atoms with Crippen molar-refractivity contribution in [1.82, 2.24) is 0 Å². The van der Waals surface area contributed by atoms with Crippen molar-refractivity contribution in [3.8, 4) is 0 Å². The third kappa shape index (κ3) is 4.18. The van der Waals surface area contributed by atoms with Crippen molar-refractivity contribution in [2.24, 2.45) is 11.8 Å². The summed E-state index contributed by atoms with van der Waals surface area (Å²) in [7, 11) is 0. The van der Waals surface area contributed by atoms with Crippen molar-refractivity contribution in [3.63, 3.8) is 0 Å². The standard InChI is InChI=1S/C16H24O4/c1-11-5-3-2-4-6-12-9-13(17)10-14(12)15(18)7-8-16(19)20-11/h4,6-8,11-15,17-18H,2-3,5,9-10H2,1H3/b6-4+,8-7-/t11-,12?,13-,14+,15+/m1/s1. The summed E-state index contributed by atoms with van der Waals surface area (Å²) in [6.07, 6.45) is 9.87. The van der Waals surface area contributed by atoms with Crippen LogP contribution in [0.3, 0.4) is 0 Å². The van der Waals surface area contributed by atoms with E-state index in [9.17, 15) is 15.0 Å². The van der Waals surface area contributed by atoms with Gasteiger partial charge >= 0.3 is 5.97 Å². The lowest BCUT2D eigenvalue weighted by molar-refractivity contribution is -0.142. The highest BCUT2D eigenvalue weighted by atomic mass is 16.5. The number of hydrogen-bond acceptors (Lipinski definition) is 4. The van der Waals surface area contributed by atoms with Crippen LogP contribution < -0.4 is 0 Å². The fourth-order valence-electron chi connectivity index (χ4n) is 3.10. The van der Waals surface area contributed by atoms with Crippen molar-refractivity contribution in [1.29, 1.82) is 0 Å². The predicted octanol–water partition coefficient (Wildman–Crippen LogP) is 1.96. The number of fused-ring (bicyclic) bond motifs is 1. The topological polar surface area (TPSA) is 66.8 Å². The lowest BCUT2D eigenvalue weighted by atomic mass is 9.90. The first-order chi connectivity index (χ1) is 9.56. The SMILES string of the molecule is C[C@@H]1CCC/C=C/C2C[C@@H](O)C[C@@H]2[C@@H](O)/C=C\C(=O)O1. The zero-order chi connectivity index (χ0) is 14.5. The maximum atomic E-state index is 11.6. The molecule has 2 aliphatic rings. The molecule has 0 amide bonds. The molecule has 0 spiro atoms. The number of carbonyl (C=O) groups is 1. The largest absolute Gasteiger partial charge is 0.460 e. The molecule has 0 aromatic carbocycles. The van der Waals surface area contributed by atoms with E-state index in [0.717, 1.165) is 19.3 Å². The molecular formula is C16H24O4. The summed E-state index contributed by atoms with van der Waals surface area (Å²) in [4.78, 5) is 11.6. The first kappa shape index (κ1) is 15.3. The van der Waals surface area contributed by atoms with Crippen LogP contribution in [0, 0.1) is 11.8 Å². The normalized spacial score (nSPS) is 42.5. The van der Waals surface area contributed by atoms with Gasteiger partial charge in [-0.2, -0.15) is 0 Å². The molecule has 2 N–H and O–H groups in total. The summed E-state index contributed by atoms with van der Waals surface area (Å²) >= 11 is 0. The molecule has 2 rings (SSSR count). The van der Waals surface area contributed by atoms with Crippen molar-refractivity contribution in [2.75, 3.05) is 0 Å². The van der Waals surface area contributed by atoms with Crippen LogP contribution in [0.2, 0.25) is 0 Å². The second kappa shape index (κ2) is 7.04. The second-order valence-electron chi connectivity index (χ2n) is 5.91. The lowest BCUT2D eigenvalue weighted by Crippen LogP contribution is -2.21. The first-order valence-corrected chi connectivity index (χ1v) is 7.48. The minimum absolute atomic E-state index is 0.0246. The summed E-state index contributed by atoms with van der Waals surface area (Å²) in [5, 5.41) is 20.0. The Morgan fingerprint density at radius 2 is 2.05 bits per heavy atom. The summed E-state index contributed by atoms with van der Waals surface area (Å²) < 4.78 is 5.23. The zero-order valence-corrected chi connectivity index (χ0v) is 11.9. The van der Waals surface area contributed by atoms with Gasteiger partial charge in [0, 0.05) is 6.08 Å². The molecule has 1 unspecified atom stereocenters. The highest BCUT2D eigenvalue weighted by Crippen LogP contribution is 2.36. The summed E-state index contributed by atoms with van der Waals surface area (Å²) in [5.41, 5.74) is 0. The Morgan fingerprint density at radius 1 is 1.25 bits per heavy atom. The van der Waals surface area contributed by atoms with Crippen LogP contribution in [0.4, 0.5) is 0 Å². The van der Waals surface area contributed by atoms with Crippen molar-refractivity contribution < 1.29 is 19.7 Å². The molecule has 5 atom stereocenters. The third-order valence-electron chi connectivity index (χ3n) is 4.19. The van der Waals surface area contributed by atoms with Gasteiger partial charge < -0.3 is 14.9 Å². The molecule has 1 fully saturated rings. The maximum Gasteiger partial charge on any atom is 0.330 e. The van der Waals surface area contributed by atoms with E-state index >= 15 is 0 Å². The van der Waals surface area contributed by atoms with Gasteiger partial charge in [-0.05, 0) is 56.9 Å². The molecular weight excluding hydrogens is 256 g/mol. The van der Waals surface area contributed by atoms with E-state index < -0.39 is 12.1 Å². The fourth-order valence-corrected chi connectivity index (χ4v) is 3.10. The number of ether oxygens (including phenoxy) is 1. The van der Waals surface area contributed by atoms with Gasteiger partial charge in [0.05, 0.1) is 18.3 Å². The van der Waals surface area contributed by atoms with Crippen LogP contribution in [0.15, 0.2) is 24.3 Å². The molecule has 4 nitrogen and oxygen atoms in total. The Bertz CT molecular complexity index is 388. The number of rotatable bonds is 0. The molecule has 112 valence electrons. The van der Waals surface area contributed by atoms with Crippen molar-refractivity contribution >= 4 is 5.97 Å². The Morgan fingerprint density at radius 3 is 2.85 bits per heavy atom. The second-order valence-corrected chi connectivity index (χ2v) is 5.91. The van der Waals surface area contributed by atoms with Crippen LogP contribution in [-0.4, -0.2) is 34.5 Å². The molecule has 0 aromatic rings. The van der Waals surface area contributed by atoms with Gasteiger partial charge in [-0.3, -0.25) is 0 Å². The van der Waals surface area contributed by atoms with Gasteiger partial charge in [-0.1, -0.05) is 12.2 Å². The molecule has 0 saturated heterocycles. The fraction of sp³-hybridized carbons (Fsp3) is 0.688. The molecule has 0 aromatic heterocycles. The monoisotopic (exact) mass is 280 g/mol. The van der Waals surface area contributed by atoms with E-state index in [1.54, 1.807) is 0 Å².